The van der Waals surface area contributed by atoms with Crippen LogP contribution in [0.4, 0.5) is 5.69 Å². The molecule has 1 aromatic carbocycles. The Labute approximate surface area is 207 Å². The Morgan fingerprint density at radius 1 is 1.14 bits per heavy atom. The van der Waals surface area contributed by atoms with E-state index in [2.05, 4.69) is 39.6 Å². The number of anilines is 1. The third-order valence-corrected chi connectivity index (χ3v) is 7.04. The first-order valence-corrected chi connectivity index (χ1v) is 12.6. The molecule has 3 heterocycles. The first-order valence-electron chi connectivity index (χ1n) is 11.8. The second-order valence-corrected chi connectivity index (χ2v) is 9.32. The van der Waals surface area contributed by atoms with E-state index < -0.39 is 5.91 Å². The maximum absolute atomic E-state index is 13.0. The highest BCUT2D eigenvalue weighted by Crippen LogP contribution is 2.34. The van der Waals surface area contributed by atoms with Crippen molar-refractivity contribution in [3.05, 3.63) is 28.2 Å². The molecule has 2 N–H and O–H groups in total. The van der Waals surface area contributed by atoms with E-state index in [1.54, 1.807) is 23.1 Å². The van der Waals surface area contributed by atoms with Crippen molar-refractivity contribution in [1.82, 2.24) is 25.3 Å². The van der Waals surface area contributed by atoms with E-state index in [4.69, 9.17) is 9.47 Å². The van der Waals surface area contributed by atoms with Crippen LogP contribution in [0.1, 0.15) is 46.3 Å². The lowest BCUT2D eigenvalue weighted by atomic mass is 9.97. The van der Waals surface area contributed by atoms with Gasteiger partial charge in [0.05, 0.1) is 5.92 Å². The molecule has 0 bridgehead atoms. The number of piperidine rings is 1. The number of hydrogen-bond donors (Lipinski definition) is 2. The zero-order valence-electron chi connectivity index (χ0n) is 19.9. The number of fused-ring (bicyclic) bond motifs is 1. The van der Waals surface area contributed by atoms with Gasteiger partial charge in [-0.2, -0.15) is 0 Å². The van der Waals surface area contributed by atoms with Gasteiger partial charge in [-0.25, -0.2) is 0 Å². The van der Waals surface area contributed by atoms with Crippen LogP contribution >= 0.6 is 11.3 Å². The molecule has 11 nitrogen and oxygen atoms in total. The van der Waals surface area contributed by atoms with E-state index in [-0.39, 0.29) is 34.5 Å². The third kappa shape index (κ3) is 6.06. The number of nitrogens with zero attached hydrogens (tertiary/aromatic N) is 4. The normalized spacial score (nSPS) is 16.9. The highest BCUT2D eigenvalue weighted by Gasteiger charge is 2.31. The van der Waals surface area contributed by atoms with E-state index in [9.17, 15) is 14.4 Å². The molecule has 2 aliphatic heterocycles. The first kappa shape index (κ1) is 24.9. The number of likely N-dealkylation sites (tertiary alicyclic amines) is 1. The van der Waals surface area contributed by atoms with Crippen LogP contribution < -0.4 is 20.1 Å². The summed E-state index contributed by atoms with van der Waals surface area (Å²) in [6.07, 6.45) is 1.47. The van der Waals surface area contributed by atoms with Crippen molar-refractivity contribution in [1.29, 1.82) is 0 Å². The largest absolute Gasteiger partial charge is 0.454 e. The van der Waals surface area contributed by atoms with Crippen LogP contribution in [0.2, 0.25) is 0 Å². The van der Waals surface area contributed by atoms with Gasteiger partial charge in [-0.1, -0.05) is 25.2 Å². The van der Waals surface area contributed by atoms with Crippen molar-refractivity contribution in [2.24, 2.45) is 5.92 Å². The van der Waals surface area contributed by atoms with Gasteiger partial charge >= 0.3 is 0 Å². The van der Waals surface area contributed by atoms with E-state index in [0.717, 1.165) is 43.8 Å². The van der Waals surface area contributed by atoms with Gasteiger partial charge < -0.3 is 29.9 Å². The SMILES string of the molecule is CCN(CC)CCNC(=O)[C@H]1CCCN(C(=O)c2nnc(C(=O)Nc3ccc4c(c3)OCO4)s2)C1. The number of amides is 3. The minimum absolute atomic E-state index is 0.0317. The molecule has 4 rings (SSSR count). The smallest absolute Gasteiger partial charge is 0.286 e. The summed E-state index contributed by atoms with van der Waals surface area (Å²) in [6, 6.07) is 5.06. The number of rotatable bonds is 9. The number of hydrogen-bond acceptors (Lipinski definition) is 9. The molecule has 0 spiro atoms. The fourth-order valence-corrected chi connectivity index (χ4v) is 4.80. The maximum Gasteiger partial charge on any atom is 0.286 e. The zero-order valence-corrected chi connectivity index (χ0v) is 20.7. The molecule has 188 valence electrons. The molecule has 0 aliphatic carbocycles. The summed E-state index contributed by atoms with van der Waals surface area (Å²) in [5.41, 5.74) is 0.521. The van der Waals surface area contributed by atoms with E-state index in [0.29, 0.717) is 36.8 Å². The molecular formula is C23H30N6O5S. The average Bonchev–Trinajstić information content (AvgIpc) is 3.56. The Bertz CT molecular complexity index is 1070. The molecule has 12 heteroatoms. The van der Waals surface area contributed by atoms with Gasteiger partial charge in [0.1, 0.15) is 0 Å². The fraction of sp³-hybridized carbons (Fsp3) is 0.522. The summed E-state index contributed by atoms with van der Waals surface area (Å²) in [6.45, 7) is 8.47. The molecule has 1 aromatic heterocycles. The molecule has 1 fully saturated rings. The molecule has 35 heavy (non-hydrogen) atoms. The van der Waals surface area contributed by atoms with Gasteiger partial charge in [0.15, 0.2) is 11.5 Å². The Kier molecular flexibility index (Phi) is 8.13. The number of aromatic nitrogens is 2. The molecule has 3 amide bonds. The van der Waals surface area contributed by atoms with Crippen molar-refractivity contribution in [3.63, 3.8) is 0 Å². The van der Waals surface area contributed by atoms with E-state index in [1.807, 2.05) is 0 Å². The van der Waals surface area contributed by atoms with Gasteiger partial charge in [0.2, 0.25) is 22.7 Å². The fourth-order valence-electron chi connectivity index (χ4n) is 4.09. The standard InChI is InChI=1S/C23H30N6O5S/c1-3-28(4-2)11-9-24-19(30)15-6-5-10-29(13-15)23(32)22-27-26-21(35-22)20(31)25-16-7-8-17-18(12-16)34-14-33-17/h7-8,12,15H,3-6,9-11,13-14H2,1-2H3,(H,24,30)(H,25,31)/t15-/m0/s1. The van der Waals surface area contributed by atoms with Gasteiger partial charge in [-0.3, -0.25) is 14.4 Å². The van der Waals surface area contributed by atoms with Crippen molar-refractivity contribution >= 4 is 34.7 Å². The molecule has 2 aromatic rings. The van der Waals surface area contributed by atoms with Crippen LogP contribution in [0.15, 0.2) is 18.2 Å². The Hall–Kier alpha value is -3.25. The van der Waals surface area contributed by atoms with Crippen LogP contribution in [0, 0.1) is 5.92 Å². The molecule has 0 saturated carbocycles. The summed E-state index contributed by atoms with van der Waals surface area (Å²) >= 11 is 0.932. The summed E-state index contributed by atoms with van der Waals surface area (Å²) in [4.78, 5) is 42.1. The Balaban J connectivity index is 1.31. The van der Waals surface area contributed by atoms with Crippen LogP contribution in [-0.2, 0) is 4.79 Å². The lowest BCUT2D eigenvalue weighted by molar-refractivity contribution is -0.126. The Morgan fingerprint density at radius 3 is 2.71 bits per heavy atom. The second kappa shape index (κ2) is 11.5. The van der Waals surface area contributed by atoms with Crippen molar-refractivity contribution in [2.75, 3.05) is 51.4 Å². The quantitative estimate of drug-likeness (QED) is 0.532. The minimum atomic E-state index is -0.468. The summed E-state index contributed by atoms with van der Waals surface area (Å²) in [5, 5.41) is 13.8. The van der Waals surface area contributed by atoms with Crippen LogP contribution in [0.3, 0.4) is 0 Å². The van der Waals surface area contributed by atoms with Crippen LogP contribution in [0.5, 0.6) is 11.5 Å². The predicted octanol–water partition coefficient (Wildman–Crippen LogP) is 1.83. The first-order chi connectivity index (χ1) is 17.0. The van der Waals surface area contributed by atoms with Crippen molar-refractivity contribution in [2.45, 2.75) is 26.7 Å². The molecule has 1 saturated heterocycles. The second-order valence-electron chi connectivity index (χ2n) is 8.34. The monoisotopic (exact) mass is 502 g/mol. The zero-order chi connectivity index (χ0) is 24.8. The molecule has 0 radical (unpaired) electrons. The van der Waals surface area contributed by atoms with Crippen molar-refractivity contribution in [3.8, 4) is 11.5 Å². The lowest BCUT2D eigenvalue weighted by Gasteiger charge is -2.31. The van der Waals surface area contributed by atoms with E-state index >= 15 is 0 Å². The summed E-state index contributed by atoms with van der Waals surface area (Å²) in [5.74, 6) is 0.0912. The number of ether oxygens (including phenoxy) is 2. The summed E-state index contributed by atoms with van der Waals surface area (Å²) < 4.78 is 10.6. The van der Waals surface area contributed by atoms with Gasteiger partial charge in [-0.05, 0) is 38.1 Å². The molecule has 1 atom stereocenters. The maximum atomic E-state index is 13.0. The molecular weight excluding hydrogens is 472 g/mol. The Morgan fingerprint density at radius 2 is 1.91 bits per heavy atom. The summed E-state index contributed by atoms with van der Waals surface area (Å²) in [7, 11) is 0. The highest BCUT2D eigenvalue weighted by molar-refractivity contribution is 7.15. The predicted molar refractivity (Wildman–Crippen MR) is 130 cm³/mol. The minimum Gasteiger partial charge on any atom is -0.454 e. The highest BCUT2D eigenvalue weighted by atomic mass is 32.1. The average molecular weight is 503 g/mol. The topological polar surface area (TPSA) is 126 Å². The van der Waals surface area contributed by atoms with Gasteiger partial charge in [0, 0.05) is 37.9 Å². The van der Waals surface area contributed by atoms with E-state index in [1.165, 1.54) is 0 Å². The van der Waals surface area contributed by atoms with Gasteiger partial charge in [0.25, 0.3) is 11.8 Å². The third-order valence-electron chi connectivity index (χ3n) is 6.13. The lowest BCUT2D eigenvalue weighted by Crippen LogP contribution is -2.46. The number of nitrogens with one attached hydrogen (secondary N) is 2. The van der Waals surface area contributed by atoms with Crippen molar-refractivity contribution < 1.29 is 23.9 Å². The van der Waals surface area contributed by atoms with Crippen LogP contribution in [-0.4, -0.2) is 83.8 Å². The van der Waals surface area contributed by atoms with Gasteiger partial charge in [-0.15, -0.1) is 10.2 Å². The molecule has 0 unspecified atom stereocenters. The number of likely N-dealkylation sites (N-methyl/N-ethyl adjacent to an activating group) is 1. The molecule has 2 aliphatic rings. The number of carbonyl (C=O) groups excluding carboxylic acids is 3. The number of benzene rings is 1. The number of carbonyl (C=O) groups is 3. The van der Waals surface area contributed by atoms with Crippen LogP contribution in [0.25, 0.3) is 0 Å².